The van der Waals surface area contributed by atoms with Gasteiger partial charge in [-0.3, -0.25) is 9.59 Å². The highest BCUT2D eigenvalue weighted by Crippen LogP contribution is 2.32. The van der Waals surface area contributed by atoms with Crippen molar-refractivity contribution < 1.29 is 9.59 Å². The molecule has 0 spiro atoms. The number of fused-ring (bicyclic) bond motifs is 1. The monoisotopic (exact) mass is 442 g/mol. The quantitative estimate of drug-likeness (QED) is 0.603. The molecule has 0 fully saturated rings. The van der Waals surface area contributed by atoms with Gasteiger partial charge in [0.05, 0.1) is 6.04 Å². The Hall–Kier alpha value is -2.14. The summed E-state index contributed by atoms with van der Waals surface area (Å²) in [5.41, 5.74) is 3.82. The van der Waals surface area contributed by atoms with Gasteiger partial charge in [0.25, 0.3) is 5.91 Å². The van der Waals surface area contributed by atoms with Gasteiger partial charge in [-0.2, -0.15) is 0 Å². The summed E-state index contributed by atoms with van der Waals surface area (Å²) >= 11 is 3.61. The number of halogens is 1. The van der Waals surface area contributed by atoms with E-state index in [4.69, 9.17) is 0 Å². The van der Waals surface area contributed by atoms with E-state index in [2.05, 4.69) is 35.8 Å². The molecule has 0 saturated carbocycles. The normalized spacial score (nSPS) is 13.9. The van der Waals surface area contributed by atoms with Gasteiger partial charge >= 0.3 is 0 Å². The minimum Gasteiger partial charge on any atom is -0.332 e. The fourth-order valence-electron chi connectivity index (χ4n) is 3.84. The Bertz CT molecular complexity index is 881. The fourth-order valence-corrected chi connectivity index (χ4v) is 4.46. The van der Waals surface area contributed by atoms with Crippen LogP contribution in [0.5, 0.6) is 0 Å². The van der Waals surface area contributed by atoms with Crippen molar-refractivity contribution in [2.75, 3.05) is 18.0 Å². The van der Waals surface area contributed by atoms with Gasteiger partial charge in [0, 0.05) is 35.2 Å². The molecule has 1 atom stereocenters. The first-order valence-corrected chi connectivity index (χ1v) is 10.8. The van der Waals surface area contributed by atoms with Crippen LogP contribution < -0.4 is 4.90 Å². The maximum Gasteiger partial charge on any atom is 0.254 e. The highest BCUT2D eigenvalue weighted by atomic mass is 79.9. The third-order valence-corrected chi connectivity index (χ3v) is 6.10. The van der Waals surface area contributed by atoms with Crippen molar-refractivity contribution in [3.05, 3.63) is 63.6 Å². The molecule has 1 aliphatic heterocycles. The Balaban J connectivity index is 1.89. The molecule has 0 aromatic heterocycles. The van der Waals surface area contributed by atoms with Crippen LogP contribution in [-0.4, -0.2) is 29.8 Å². The van der Waals surface area contributed by atoms with E-state index in [0.717, 1.165) is 34.1 Å². The van der Waals surface area contributed by atoms with Crippen molar-refractivity contribution in [1.82, 2.24) is 4.90 Å². The first-order chi connectivity index (χ1) is 13.5. The van der Waals surface area contributed by atoms with Gasteiger partial charge < -0.3 is 9.80 Å². The minimum absolute atomic E-state index is 0.0329. The minimum atomic E-state index is -0.0329. The topological polar surface area (TPSA) is 40.6 Å². The zero-order chi connectivity index (χ0) is 20.3. The van der Waals surface area contributed by atoms with E-state index >= 15 is 0 Å². The average Bonchev–Trinajstić information content (AvgIpc) is 3.14. The number of rotatable bonds is 6. The summed E-state index contributed by atoms with van der Waals surface area (Å²) in [5.74, 6) is 0.168. The molecule has 0 N–H and O–H groups in total. The number of nitrogens with zero attached hydrogens (tertiary/aromatic N) is 2. The van der Waals surface area contributed by atoms with Gasteiger partial charge in [-0.05, 0) is 55.2 Å². The Labute approximate surface area is 175 Å². The molecular weight excluding hydrogens is 416 g/mol. The zero-order valence-corrected chi connectivity index (χ0v) is 18.3. The van der Waals surface area contributed by atoms with Crippen molar-refractivity contribution in [2.45, 2.75) is 46.1 Å². The smallest absolute Gasteiger partial charge is 0.254 e. The number of anilines is 1. The summed E-state index contributed by atoms with van der Waals surface area (Å²) in [7, 11) is 0. The number of hydrogen-bond acceptors (Lipinski definition) is 2. The van der Waals surface area contributed by atoms with Crippen LogP contribution in [0, 0.1) is 0 Å². The largest absolute Gasteiger partial charge is 0.332 e. The predicted octanol–water partition coefficient (Wildman–Crippen LogP) is 5.36. The van der Waals surface area contributed by atoms with Gasteiger partial charge in [0.2, 0.25) is 5.91 Å². The maximum absolute atomic E-state index is 13.4. The van der Waals surface area contributed by atoms with Crippen molar-refractivity contribution >= 4 is 33.4 Å². The Kier molecular flexibility index (Phi) is 6.55. The lowest BCUT2D eigenvalue weighted by molar-refractivity contribution is -0.118. The van der Waals surface area contributed by atoms with E-state index in [1.54, 1.807) is 0 Å². The average molecular weight is 443 g/mol. The molecule has 28 heavy (non-hydrogen) atoms. The molecule has 148 valence electrons. The van der Waals surface area contributed by atoms with E-state index in [-0.39, 0.29) is 17.9 Å². The third-order valence-electron chi connectivity index (χ3n) is 5.37. The third kappa shape index (κ3) is 4.00. The van der Waals surface area contributed by atoms with Crippen LogP contribution in [0.3, 0.4) is 0 Å². The lowest BCUT2D eigenvalue weighted by atomic mass is 10.0. The SMILES string of the molecule is CCCN(C(=O)c1ccc2c(c1)CCN2C(=O)CC)C(C)c1ccccc1Br. The number of hydrogen-bond donors (Lipinski definition) is 0. The lowest BCUT2D eigenvalue weighted by Crippen LogP contribution is -2.34. The van der Waals surface area contributed by atoms with Crippen molar-refractivity contribution in [3.63, 3.8) is 0 Å². The molecule has 3 rings (SSSR count). The molecule has 2 aromatic carbocycles. The van der Waals surface area contributed by atoms with E-state index in [0.29, 0.717) is 25.1 Å². The van der Waals surface area contributed by atoms with Crippen molar-refractivity contribution in [2.24, 2.45) is 0 Å². The van der Waals surface area contributed by atoms with E-state index in [1.165, 1.54) is 0 Å². The molecule has 0 aliphatic carbocycles. The second-order valence-corrected chi connectivity index (χ2v) is 8.04. The van der Waals surface area contributed by atoms with Gasteiger partial charge in [-0.1, -0.05) is 48.0 Å². The highest BCUT2D eigenvalue weighted by Gasteiger charge is 2.27. The van der Waals surface area contributed by atoms with Crippen LogP contribution in [0.25, 0.3) is 0 Å². The van der Waals surface area contributed by atoms with Gasteiger partial charge in [-0.25, -0.2) is 0 Å². The van der Waals surface area contributed by atoms with Crippen molar-refractivity contribution in [3.8, 4) is 0 Å². The summed E-state index contributed by atoms with van der Waals surface area (Å²) in [6.45, 7) is 7.43. The predicted molar refractivity (Wildman–Crippen MR) is 117 cm³/mol. The molecular formula is C23H27BrN2O2. The molecule has 0 saturated heterocycles. The van der Waals surface area contributed by atoms with E-state index in [9.17, 15) is 9.59 Å². The standard InChI is InChI=1S/C23H27BrN2O2/c1-4-13-25(16(3)19-8-6-7-9-20(19)24)23(28)18-10-11-21-17(15-18)12-14-26(21)22(27)5-2/h6-11,15-16H,4-5,12-14H2,1-3H3. The lowest BCUT2D eigenvalue weighted by Gasteiger charge is -2.30. The molecule has 5 heteroatoms. The molecule has 0 bridgehead atoms. The fraction of sp³-hybridized carbons (Fsp3) is 0.391. The van der Waals surface area contributed by atoms with Gasteiger partial charge in [0.1, 0.15) is 0 Å². The van der Waals surface area contributed by atoms with Crippen LogP contribution in [0.15, 0.2) is 46.9 Å². The van der Waals surface area contributed by atoms with Gasteiger partial charge in [-0.15, -0.1) is 0 Å². The first-order valence-electron chi connectivity index (χ1n) is 9.96. The molecule has 2 amide bonds. The summed E-state index contributed by atoms with van der Waals surface area (Å²) in [4.78, 5) is 29.2. The summed E-state index contributed by atoms with van der Waals surface area (Å²) < 4.78 is 1.01. The summed E-state index contributed by atoms with van der Waals surface area (Å²) in [5, 5.41) is 0. The highest BCUT2D eigenvalue weighted by molar-refractivity contribution is 9.10. The Morgan fingerprint density at radius 3 is 2.61 bits per heavy atom. The molecule has 4 nitrogen and oxygen atoms in total. The summed E-state index contributed by atoms with van der Waals surface area (Å²) in [6.07, 6.45) is 2.19. The molecule has 0 radical (unpaired) electrons. The van der Waals surface area contributed by atoms with E-state index in [1.807, 2.05) is 53.1 Å². The number of carbonyl (C=O) groups excluding carboxylic acids is 2. The van der Waals surface area contributed by atoms with Gasteiger partial charge in [0.15, 0.2) is 0 Å². The molecule has 1 unspecified atom stereocenters. The second-order valence-electron chi connectivity index (χ2n) is 7.19. The Morgan fingerprint density at radius 1 is 1.18 bits per heavy atom. The van der Waals surface area contributed by atoms with Crippen LogP contribution in [0.4, 0.5) is 5.69 Å². The van der Waals surface area contributed by atoms with E-state index < -0.39 is 0 Å². The van der Waals surface area contributed by atoms with Crippen LogP contribution in [-0.2, 0) is 11.2 Å². The van der Waals surface area contributed by atoms with Crippen LogP contribution in [0.1, 0.15) is 61.1 Å². The second kappa shape index (κ2) is 8.91. The zero-order valence-electron chi connectivity index (χ0n) is 16.7. The maximum atomic E-state index is 13.4. The Morgan fingerprint density at radius 2 is 1.93 bits per heavy atom. The molecule has 2 aromatic rings. The number of carbonyl (C=O) groups is 2. The molecule has 1 heterocycles. The first kappa shape index (κ1) is 20.6. The van der Waals surface area contributed by atoms with Crippen LogP contribution in [0.2, 0.25) is 0 Å². The van der Waals surface area contributed by atoms with Crippen molar-refractivity contribution in [1.29, 1.82) is 0 Å². The number of benzene rings is 2. The number of amides is 2. The molecule has 1 aliphatic rings. The van der Waals surface area contributed by atoms with Crippen LogP contribution >= 0.6 is 15.9 Å². The summed E-state index contributed by atoms with van der Waals surface area (Å²) in [6, 6.07) is 13.8.